The van der Waals surface area contributed by atoms with Crippen LogP contribution in [0.4, 0.5) is 0 Å². The second-order valence-electron chi connectivity index (χ2n) is 2.77. The van der Waals surface area contributed by atoms with Crippen LogP contribution in [-0.2, 0) is 4.79 Å². The van der Waals surface area contributed by atoms with Crippen molar-refractivity contribution >= 4 is 11.6 Å². The average molecular weight is 154 g/mol. The van der Waals surface area contributed by atoms with Crippen molar-refractivity contribution in [2.45, 2.75) is 39.0 Å². The number of carbonyl (C=O) groups is 1. The van der Waals surface area contributed by atoms with Crippen molar-refractivity contribution in [3.05, 3.63) is 0 Å². The third kappa shape index (κ3) is 2.70. The first kappa shape index (κ1) is 8.24. The van der Waals surface area contributed by atoms with Crippen LogP contribution in [0, 0.1) is 0 Å². The fourth-order valence-corrected chi connectivity index (χ4v) is 1.12. The van der Waals surface area contributed by atoms with E-state index in [1.165, 1.54) is 12.8 Å². The molecule has 0 aromatic heterocycles. The molecule has 0 aromatic rings. The molecule has 3 nitrogen and oxygen atoms in total. The number of rotatable bonds is 2. The summed E-state index contributed by atoms with van der Waals surface area (Å²) in [6.45, 7) is 1.82. The summed E-state index contributed by atoms with van der Waals surface area (Å²) in [6.07, 6.45) is 5.08. The van der Waals surface area contributed by atoms with Gasteiger partial charge in [0, 0.05) is 12.1 Å². The molecule has 3 heteroatoms. The van der Waals surface area contributed by atoms with E-state index in [4.69, 9.17) is 0 Å². The first-order valence-corrected chi connectivity index (χ1v) is 4.17. The molecule has 1 aliphatic carbocycles. The highest BCUT2D eigenvalue weighted by Crippen LogP contribution is 2.13. The minimum absolute atomic E-state index is 0.00407. The summed E-state index contributed by atoms with van der Waals surface area (Å²) in [7, 11) is 0. The van der Waals surface area contributed by atoms with E-state index in [0.717, 1.165) is 18.6 Å². The monoisotopic (exact) mass is 154 g/mol. The fraction of sp³-hybridized carbons (Fsp3) is 0.750. The Kier molecular flexibility index (Phi) is 3.08. The molecule has 1 N–H and O–H groups in total. The van der Waals surface area contributed by atoms with Crippen LogP contribution in [0.2, 0.25) is 0 Å². The number of hydrogen-bond donors (Lipinski definition) is 1. The maximum absolute atomic E-state index is 10.8. The second-order valence-corrected chi connectivity index (χ2v) is 2.77. The molecule has 11 heavy (non-hydrogen) atoms. The van der Waals surface area contributed by atoms with E-state index < -0.39 is 0 Å². The van der Waals surface area contributed by atoms with Crippen LogP contribution in [0.5, 0.6) is 0 Å². The Labute approximate surface area is 66.9 Å². The van der Waals surface area contributed by atoms with Crippen molar-refractivity contribution in [1.82, 2.24) is 5.43 Å². The maximum Gasteiger partial charge on any atom is 0.239 e. The van der Waals surface area contributed by atoms with E-state index in [9.17, 15) is 4.79 Å². The minimum Gasteiger partial charge on any atom is -0.273 e. The first-order valence-electron chi connectivity index (χ1n) is 4.17. The van der Waals surface area contributed by atoms with Gasteiger partial charge in [0.15, 0.2) is 0 Å². The molecule has 1 amide bonds. The Hall–Kier alpha value is -0.860. The van der Waals surface area contributed by atoms with Crippen molar-refractivity contribution in [3.63, 3.8) is 0 Å². The number of hydrogen-bond acceptors (Lipinski definition) is 2. The first-order chi connectivity index (χ1) is 5.33. The lowest BCUT2D eigenvalue weighted by atomic mass is 10.3. The number of nitrogens with zero attached hydrogens (tertiary/aromatic N) is 1. The zero-order valence-electron chi connectivity index (χ0n) is 6.89. The van der Waals surface area contributed by atoms with E-state index in [2.05, 4.69) is 10.5 Å². The zero-order valence-corrected chi connectivity index (χ0v) is 6.89. The Morgan fingerprint density at radius 2 is 2.18 bits per heavy atom. The lowest BCUT2D eigenvalue weighted by Crippen LogP contribution is -2.17. The quantitative estimate of drug-likeness (QED) is 0.601. The molecule has 0 heterocycles. The van der Waals surface area contributed by atoms with Crippen LogP contribution in [0.25, 0.3) is 0 Å². The van der Waals surface area contributed by atoms with Gasteiger partial charge in [0.1, 0.15) is 0 Å². The predicted molar refractivity (Wildman–Crippen MR) is 44.3 cm³/mol. The molecule has 1 aliphatic rings. The lowest BCUT2D eigenvalue weighted by Gasteiger charge is -1.96. The van der Waals surface area contributed by atoms with Crippen LogP contribution in [0.15, 0.2) is 5.10 Å². The van der Waals surface area contributed by atoms with E-state index in [-0.39, 0.29) is 5.91 Å². The number of carbonyl (C=O) groups excluding carboxylic acids is 1. The predicted octanol–water partition coefficient (Wildman–Crippen LogP) is 1.44. The van der Waals surface area contributed by atoms with Gasteiger partial charge in [-0.3, -0.25) is 4.79 Å². The molecule has 0 atom stereocenters. The molecule has 1 fully saturated rings. The van der Waals surface area contributed by atoms with Crippen LogP contribution in [0.1, 0.15) is 39.0 Å². The summed E-state index contributed by atoms with van der Waals surface area (Å²) in [5, 5.41) is 4.01. The molecule has 1 saturated carbocycles. The van der Waals surface area contributed by atoms with Gasteiger partial charge in [-0.1, -0.05) is 6.92 Å². The molecule has 0 saturated heterocycles. The summed E-state index contributed by atoms with van der Waals surface area (Å²) in [4.78, 5) is 10.8. The molecule has 1 rings (SSSR count). The van der Waals surface area contributed by atoms with Gasteiger partial charge < -0.3 is 0 Å². The van der Waals surface area contributed by atoms with Crippen LogP contribution in [0.3, 0.4) is 0 Å². The van der Waals surface area contributed by atoms with E-state index in [0.29, 0.717) is 6.42 Å². The van der Waals surface area contributed by atoms with Gasteiger partial charge in [0.05, 0.1) is 0 Å². The normalized spacial score (nSPS) is 16.6. The van der Waals surface area contributed by atoms with Crippen molar-refractivity contribution in [2.75, 3.05) is 0 Å². The molecule has 0 spiro atoms. The van der Waals surface area contributed by atoms with Gasteiger partial charge in [-0.15, -0.1) is 0 Å². The molecular weight excluding hydrogens is 140 g/mol. The zero-order chi connectivity index (χ0) is 8.10. The molecule has 62 valence electrons. The fourth-order valence-electron chi connectivity index (χ4n) is 1.12. The highest BCUT2D eigenvalue weighted by atomic mass is 16.2. The Morgan fingerprint density at radius 1 is 1.55 bits per heavy atom. The van der Waals surface area contributed by atoms with Crippen LogP contribution in [-0.4, -0.2) is 11.6 Å². The molecule has 0 unspecified atom stereocenters. The van der Waals surface area contributed by atoms with Gasteiger partial charge >= 0.3 is 0 Å². The number of amides is 1. The number of hydrazone groups is 1. The van der Waals surface area contributed by atoms with Gasteiger partial charge in [0.2, 0.25) is 5.91 Å². The van der Waals surface area contributed by atoms with E-state index in [1.807, 2.05) is 6.92 Å². The standard InChI is InChI=1S/C8H14N2O/c1-2-8(11)10-9-7-5-3-4-6-7/h2-6H2,1H3,(H,10,11). The van der Waals surface area contributed by atoms with Gasteiger partial charge in [0.25, 0.3) is 0 Å². The summed E-state index contributed by atoms with van der Waals surface area (Å²) in [5.74, 6) is 0.00407. The molecule has 0 bridgehead atoms. The molecule has 0 radical (unpaired) electrons. The van der Waals surface area contributed by atoms with Crippen LogP contribution >= 0.6 is 0 Å². The van der Waals surface area contributed by atoms with Crippen LogP contribution < -0.4 is 5.43 Å². The summed E-state index contributed by atoms with van der Waals surface area (Å²) in [5.41, 5.74) is 3.67. The Balaban J connectivity index is 2.28. The number of nitrogens with one attached hydrogen (secondary N) is 1. The smallest absolute Gasteiger partial charge is 0.239 e. The minimum atomic E-state index is 0.00407. The topological polar surface area (TPSA) is 41.5 Å². The largest absolute Gasteiger partial charge is 0.273 e. The highest BCUT2D eigenvalue weighted by Gasteiger charge is 2.07. The molecule has 0 aliphatic heterocycles. The van der Waals surface area contributed by atoms with E-state index >= 15 is 0 Å². The Morgan fingerprint density at radius 3 is 2.73 bits per heavy atom. The average Bonchev–Trinajstić information content (AvgIpc) is 2.52. The SMILES string of the molecule is CCC(=O)NN=C1CCCC1. The third-order valence-electron chi connectivity index (χ3n) is 1.84. The summed E-state index contributed by atoms with van der Waals surface area (Å²) < 4.78 is 0. The van der Waals surface area contributed by atoms with E-state index in [1.54, 1.807) is 0 Å². The lowest BCUT2D eigenvalue weighted by molar-refractivity contribution is -0.120. The Bertz CT molecular complexity index is 167. The third-order valence-corrected chi connectivity index (χ3v) is 1.84. The molecule has 0 aromatic carbocycles. The van der Waals surface area contributed by atoms with Gasteiger partial charge in [-0.25, -0.2) is 5.43 Å². The summed E-state index contributed by atoms with van der Waals surface area (Å²) >= 11 is 0. The highest BCUT2D eigenvalue weighted by molar-refractivity contribution is 5.87. The summed E-state index contributed by atoms with van der Waals surface area (Å²) in [6, 6.07) is 0. The molecular formula is C8H14N2O. The van der Waals surface area contributed by atoms with Gasteiger partial charge in [-0.2, -0.15) is 5.10 Å². The van der Waals surface area contributed by atoms with Gasteiger partial charge in [-0.05, 0) is 25.7 Å². The van der Waals surface area contributed by atoms with Crippen molar-refractivity contribution in [1.29, 1.82) is 0 Å². The second kappa shape index (κ2) is 4.11. The van der Waals surface area contributed by atoms with Crippen molar-refractivity contribution in [3.8, 4) is 0 Å². The van der Waals surface area contributed by atoms with Crippen molar-refractivity contribution in [2.24, 2.45) is 5.10 Å². The maximum atomic E-state index is 10.8. The van der Waals surface area contributed by atoms with Crippen molar-refractivity contribution < 1.29 is 4.79 Å².